The third-order valence-corrected chi connectivity index (χ3v) is 5.18. The van der Waals surface area contributed by atoms with Gasteiger partial charge in [-0.3, -0.25) is 9.20 Å². The molecule has 0 bridgehead atoms. The summed E-state index contributed by atoms with van der Waals surface area (Å²) in [5.41, 5.74) is 3.67. The van der Waals surface area contributed by atoms with Crippen LogP contribution in [0.25, 0.3) is 16.8 Å². The van der Waals surface area contributed by atoms with Crippen LogP contribution in [-0.2, 0) is 0 Å². The molecule has 0 aliphatic carbocycles. The number of carbonyl (C=O) groups excluding carboxylic acids is 1. The van der Waals surface area contributed by atoms with Gasteiger partial charge in [0.2, 0.25) is 0 Å². The molecular formula is C24H23ClN4O2. The Hall–Kier alpha value is -3.35. The molecule has 31 heavy (non-hydrogen) atoms. The largest absolute Gasteiger partial charge is 0.492 e. The molecule has 0 aliphatic rings. The second kappa shape index (κ2) is 9.20. The van der Waals surface area contributed by atoms with Crippen molar-refractivity contribution >= 4 is 28.8 Å². The van der Waals surface area contributed by atoms with Crippen LogP contribution in [0.2, 0.25) is 5.02 Å². The fraction of sp³-hybridized carbons (Fsp3) is 0.167. The number of para-hydroxylation sites is 1. The van der Waals surface area contributed by atoms with Gasteiger partial charge >= 0.3 is 0 Å². The Balaban J connectivity index is 1.55. The number of nitrogens with one attached hydrogen (secondary N) is 1. The number of amides is 1. The molecule has 1 N–H and O–H groups in total. The lowest BCUT2D eigenvalue weighted by atomic mass is 10.1. The van der Waals surface area contributed by atoms with E-state index >= 15 is 0 Å². The van der Waals surface area contributed by atoms with Crippen LogP contribution in [0.4, 0.5) is 5.69 Å². The van der Waals surface area contributed by atoms with Crippen LogP contribution in [0.1, 0.15) is 10.5 Å². The van der Waals surface area contributed by atoms with Gasteiger partial charge in [-0.1, -0.05) is 35.9 Å². The van der Waals surface area contributed by atoms with Crippen molar-refractivity contribution in [3.63, 3.8) is 0 Å². The average Bonchev–Trinajstić information content (AvgIpc) is 3.19. The Morgan fingerprint density at radius 1 is 1.06 bits per heavy atom. The molecular weight excluding hydrogens is 412 g/mol. The molecule has 2 heterocycles. The lowest BCUT2D eigenvalue weighted by Crippen LogP contribution is -2.19. The lowest BCUT2D eigenvalue weighted by Gasteiger charge is -2.11. The highest BCUT2D eigenvalue weighted by Gasteiger charge is 2.14. The molecule has 0 saturated heterocycles. The molecule has 0 radical (unpaired) electrons. The van der Waals surface area contributed by atoms with Crippen LogP contribution < -0.4 is 10.1 Å². The first-order valence-electron chi connectivity index (χ1n) is 9.92. The number of fused-ring (bicyclic) bond motifs is 1. The molecule has 0 fully saturated rings. The van der Waals surface area contributed by atoms with E-state index in [0.717, 1.165) is 23.4 Å². The smallest absolute Gasteiger partial charge is 0.274 e. The summed E-state index contributed by atoms with van der Waals surface area (Å²) < 4.78 is 7.54. The van der Waals surface area contributed by atoms with E-state index in [4.69, 9.17) is 16.3 Å². The van der Waals surface area contributed by atoms with E-state index in [2.05, 4.69) is 15.2 Å². The van der Waals surface area contributed by atoms with Crippen molar-refractivity contribution in [3.05, 3.63) is 83.8 Å². The van der Waals surface area contributed by atoms with Crippen molar-refractivity contribution in [1.82, 2.24) is 14.3 Å². The van der Waals surface area contributed by atoms with Crippen molar-refractivity contribution in [1.29, 1.82) is 0 Å². The van der Waals surface area contributed by atoms with E-state index in [-0.39, 0.29) is 5.91 Å². The van der Waals surface area contributed by atoms with Crippen molar-refractivity contribution in [2.75, 3.05) is 32.6 Å². The van der Waals surface area contributed by atoms with Gasteiger partial charge in [0.25, 0.3) is 5.91 Å². The van der Waals surface area contributed by atoms with Crippen molar-refractivity contribution < 1.29 is 9.53 Å². The third-order valence-electron chi connectivity index (χ3n) is 4.86. The minimum absolute atomic E-state index is 0.276. The molecule has 0 atom stereocenters. The van der Waals surface area contributed by atoms with Crippen molar-refractivity contribution in [2.45, 2.75) is 0 Å². The molecule has 0 aliphatic heterocycles. The molecule has 4 rings (SSSR count). The van der Waals surface area contributed by atoms with Crippen molar-refractivity contribution in [2.24, 2.45) is 0 Å². The van der Waals surface area contributed by atoms with E-state index in [1.165, 1.54) is 0 Å². The van der Waals surface area contributed by atoms with Gasteiger partial charge in [0.1, 0.15) is 23.7 Å². The number of pyridine rings is 1. The van der Waals surface area contributed by atoms with E-state index in [0.29, 0.717) is 28.7 Å². The summed E-state index contributed by atoms with van der Waals surface area (Å²) >= 11 is 6.16. The number of aromatic nitrogens is 2. The number of rotatable bonds is 7. The van der Waals surface area contributed by atoms with Crippen LogP contribution >= 0.6 is 11.6 Å². The van der Waals surface area contributed by atoms with Gasteiger partial charge in [-0.2, -0.15) is 0 Å². The zero-order valence-electron chi connectivity index (χ0n) is 17.4. The number of imidazole rings is 1. The van der Waals surface area contributed by atoms with Gasteiger partial charge in [0.15, 0.2) is 0 Å². The first-order valence-corrected chi connectivity index (χ1v) is 10.3. The zero-order valence-corrected chi connectivity index (χ0v) is 18.1. The van der Waals surface area contributed by atoms with Crippen LogP contribution in [0, 0.1) is 0 Å². The highest BCUT2D eigenvalue weighted by atomic mass is 35.5. The Bertz CT molecular complexity index is 1200. The summed E-state index contributed by atoms with van der Waals surface area (Å²) in [4.78, 5) is 19.3. The molecule has 0 unspecified atom stereocenters. The van der Waals surface area contributed by atoms with E-state index < -0.39 is 0 Å². The minimum Gasteiger partial charge on any atom is -0.492 e. The quantitative estimate of drug-likeness (QED) is 0.452. The molecule has 0 saturated carbocycles. The van der Waals surface area contributed by atoms with Crippen LogP contribution in [0.3, 0.4) is 0 Å². The predicted molar refractivity (Wildman–Crippen MR) is 124 cm³/mol. The van der Waals surface area contributed by atoms with Gasteiger partial charge < -0.3 is 15.0 Å². The Kier molecular flexibility index (Phi) is 6.21. The van der Waals surface area contributed by atoms with Crippen LogP contribution in [0.5, 0.6) is 5.75 Å². The monoisotopic (exact) mass is 434 g/mol. The Morgan fingerprint density at radius 3 is 2.55 bits per heavy atom. The molecule has 0 spiro atoms. The Morgan fingerprint density at radius 2 is 1.81 bits per heavy atom. The van der Waals surface area contributed by atoms with E-state index in [1.54, 1.807) is 22.7 Å². The summed E-state index contributed by atoms with van der Waals surface area (Å²) in [5.74, 6) is 0.552. The number of carbonyl (C=O) groups is 1. The summed E-state index contributed by atoms with van der Waals surface area (Å²) in [6, 6.07) is 18.9. The highest BCUT2D eigenvalue weighted by Crippen LogP contribution is 2.25. The second-order valence-electron chi connectivity index (χ2n) is 7.40. The molecule has 2 aromatic carbocycles. The molecule has 2 aromatic heterocycles. The number of nitrogens with zero attached hydrogens (tertiary/aromatic N) is 3. The third kappa shape index (κ3) is 4.87. The number of ether oxygens (including phenoxy) is 1. The first-order chi connectivity index (χ1) is 15.0. The van der Waals surface area contributed by atoms with Gasteiger partial charge in [-0.15, -0.1) is 0 Å². The maximum absolute atomic E-state index is 12.8. The molecule has 7 heteroatoms. The van der Waals surface area contributed by atoms with Crippen LogP contribution in [0.15, 0.2) is 73.1 Å². The first kappa shape index (κ1) is 20.9. The SMILES string of the molecule is CN(C)CCOc1ccc(-c2ccc3ncc(C(=O)Nc4ccccc4Cl)n3c2)cc1. The Labute approximate surface area is 186 Å². The second-order valence-corrected chi connectivity index (χ2v) is 7.81. The number of hydrogen-bond acceptors (Lipinski definition) is 4. The fourth-order valence-electron chi connectivity index (χ4n) is 3.16. The average molecular weight is 435 g/mol. The predicted octanol–water partition coefficient (Wildman–Crippen LogP) is 4.85. The van der Waals surface area contributed by atoms with Gasteiger partial charge in [-0.25, -0.2) is 4.98 Å². The number of benzene rings is 2. The van der Waals surface area contributed by atoms with Crippen LogP contribution in [-0.4, -0.2) is 47.4 Å². The number of halogens is 1. The summed E-state index contributed by atoms with van der Waals surface area (Å²) in [6.45, 7) is 1.50. The van der Waals surface area contributed by atoms with Crippen molar-refractivity contribution in [3.8, 4) is 16.9 Å². The van der Waals surface area contributed by atoms with E-state index in [1.807, 2.05) is 68.8 Å². The molecule has 6 nitrogen and oxygen atoms in total. The lowest BCUT2D eigenvalue weighted by molar-refractivity contribution is 0.102. The van der Waals surface area contributed by atoms with Gasteiger partial charge in [0.05, 0.1) is 16.9 Å². The summed E-state index contributed by atoms with van der Waals surface area (Å²) in [7, 11) is 4.03. The molecule has 4 aromatic rings. The number of anilines is 1. The summed E-state index contributed by atoms with van der Waals surface area (Å²) in [5, 5.41) is 3.33. The highest BCUT2D eigenvalue weighted by molar-refractivity contribution is 6.33. The zero-order chi connectivity index (χ0) is 21.8. The fourth-order valence-corrected chi connectivity index (χ4v) is 3.34. The topological polar surface area (TPSA) is 58.9 Å². The van der Waals surface area contributed by atoms with E-state index in [9.17, 15) is 4.79 Å². The summed E-state index contributed by atoms with van der Waals surface area (Å²) in [6.07, 6.45) is 3.47. The maximum Gasteiger partial charge on any atom is 0.274 e. The van der Waals surface area contributed by atoms with Gasteiger partial charge in [0, 0.05) is 12.7 Å². The minimum atomic E-state index is -0.276. The normalized spacial score (nSPS) is 11.1. The molecule has 158 valence electrons. The number of hydrogen-bond donors (Lipinski definition) is 1. The maximum atomic E-state index is 12.8. The number of likely N-dealkylation sites (N-methyl/N-ethyl adjacent to an activating group) is 1. The molecule has 1 amide bonds. The standard InChI is InChI=1S/C24H23ClN4O2/c1-28(2)13-14-31-19-10-7-17(8-11-19)18-9-12-23-26-15-22(29(23)16-18)24(30)27-21-6-4-3-5-20(21)25/h3-12,15-16H,13-14H2,1-2H3,(H,27,30). The van der Waals surface area contributed by atoms with Gasteiger partial charge in [-0.05, 0) is 61.6 Å².